The highest BCUT2D eigenvalue weighted by molar-refractivity contribution is 7.18. The predicted molar refractivity (Wildman–Crippen MR) is 94.8 cm³/mol. The summed E-state index contributed by atoms with van der Waals surface area (Å²) in [4.78, 5) is 7.35. The third-order valence-electron chi connectivity index (χ3n) is 4.78. The number of rotatable bonds is 3. The first-order valence-corrected chi connectivity index (χ1v) is 9.13. The molecule has 0 N–H and O–H groups in total. The fraction of sp³-hybridized carbons (Fsp3) is 0.316. The van der Waals surface area contributed by atoms with Gasteiger partial charge in [-0.25, -0.2) is 4.98 Å². The normalized spacial score (nSPS) is 20.1. The van der Waals surface area contributed by atoms with Crippen LogP contribution in [-0.2, 0) is 6.54 Å². The lowest BCUT2D eigenvalue weighted by atomic mass is 10.1. The number of hydrogen-bond acceptors (Lipinski definition) is 5. The fourth-order valence-corrected chi connectivity index (χ4v) is 4.63. The molecule has 1 aromatic heterocycles. The molecule has 5 rings (SSSR count). The van der Waals surface area contributed by atoms with Gasteiger partial charge in [0, 0.05) is 19.0 Å². The highest BCUT2D eigenvalue weighted by Crippen LogP contribution is 2.35. The summed E-state index contributed by atoms with van der Waals surface area (Å²) < 4.78 is 12.2. The molecule has 5 heteroatoms. The monoisotopic (exact) mass is 338 g/mol. The van der Waals surface area contributed by atoms with E-state index in [1.165, 1.54) is 21.7 Å². The van der Waals surface area contributed by atoms with Gasteiger partial charge in [0.05, 0.1) is 15.2 Å². The molecule has 2 aromatic carbocycles. The van der Waals surface area contributed by atoms with Crippen LogP contribution in [0.1, 0.15) is 22.9 Å². The predicted octanol–water partition coefficient (Wildman–Crippen LogP) is 4.01. The zero-order valence-corrected chi connectivity index (χ0v) is 14.1. The lowest BCUT2D eigenvalue weighted by Gasteiger charge is -2.15. The smallest absolute Gasteiger partial charge is 0.231 e. The van der Waals surface area contributed by atoms with Crippen molar-refractivity contribution in [1.82, 2.24) is 9.88 Å². The van der Waals surface area contributed by atoms with Gasteiger partial charge in [0.15, 0.2) is 11.5 Å². The first-order chi connectivity index (χ1) is 11.8. The van der Waals surface area contributed by atoms with Gasteiger partial charge in [0.2, 0.25) is 6.79 Å². The van der Waals surface area contributed by atoms with Crippen LogP contribution >= 0.6 is 11.3 Å². The number of para-hydroxylation sites is 1. The molecule has 0 aliphatic carbocycles. The van der Waals surface area contributed by atoms with Crippen molar-refractivity contribution in [3.63, 3.8) is 0 Å². The average molecular weight is 338 g/mol. The van der Waals surface area contributed by atoms with Gasteiger partial charge in [-0.3, -0.25) is 4.90 Å². The number of likely N-dealkylation sites (tertiary alicyclic amines) is 1. The van der Waals surface area contributed by atoms with Gasteiger partial charge in [-0.1, -0.05) is 18.2 Å². The largest absolute Gasteiger partial charge is 0.454 e. The van der Waals surface area contributed by atoms with Crippen molar-refractivity contribution in [3.8, 4) is 11.5 Å². The van der Waals surface area contributed by atoms with E-state index in [-0.39, 0.29) is 0 Å². The second kappa shape index (κ2) is 5.76. The lowest BCUT2D eigenvalue weighted by Crippen LogP contribution is -2.19. The van der Waals surface area contributed by atoms with Crippen molar-refractivity contribution in [2.75, 3.05) is 19.9 Å². The van der Waals surface area contributed by atoms with E-state index in [9.17, 15) is 0 Å². The number of aromatic nitrogens is 1. The molecule has 3 heterocycles. The second-order valence-electron chi connectivity index (χ2n) is 6.43. The number of nitrogens with zero attached hydrogens (tertiary/aromatic N) is 2. The second-order valence-corrected chi connectivity index (χ2v) is 7.49. The molecule has 0 saturated carbocycles. The highest BCUT2D eigenvalue weighted by atomic mass is 32.1. The van der Waals surface area contributed by atoms with E-state index < -0.39 is 0 Å². The van der Waals surface area contributed by atoms with Crippen LogP contribution in [-0.4, -0.2) is 29.8 Å². The van der Waals surface area contributed by atoms with Gasteiger partial charge in [-0.15, -0.1) is 11.3 Å². The zero-order valence-electron chi connectivity index (χ0n) is 13.3. The summed E-state index contributed by atoms with van der Waals surface area (Å²) in [5, 5.41) is 1.28. The Morgan fingerprint density at radius 3 is 3.00 bits per heavy atom. The van der Waals surface area contributed by atoms with E-state index >= 15 is 0 Å². The molecule has 2 aliphatic rings. The molecule has 1 saturated heterocycles. The molecule has 0 radical (unpaired) electrons. The van der Waals surface area contributed by atoms with Crippen molar-refractivity contribution in [2.45, 2.75) is 18.9 Å². The quantitative estimate of drug-likeness (QED) is 0.722. The molecular formula is C19H18N2O2S. The van der Waals surface area contributed by atoms with E-state index in [4.69, 9.17) is 14.5 Å². The number of hydrogen-bond donors (Lipinski definition) is 0. The Morgan fingerprint density at radius 1 is 1.12 bits per heavy atom. The molecular weight excluding hydrogens is 320 g/mol. The SMILES string of the molecule is c1ccc2sc(C3CCN(Cc4ccc5c(c4)OCO5)C3)nc2c1. The Kier molecular flexibility index (Phi) is 3.42. The van der Waals surface area contributed by atoms with Gasteiger partial charge < -0.3 is 9.47 Å². The fourth-order valence-electron chi connectivity index (χ4n) is 3.54. The summed E-state index contributed by atoms with van der Waals surface area (Å²) in [6.45, 7) is 3.49. The van der Waals surface area contributed by atoms with E-state index in [2.05, 4.69) is 41.3 Å². The van der Waals surface area contributed by atoms with Crippen LogP contribution in [0, 0.1) is 0 Å². The van der Waals surface area contributed by atoms with Crippen LogP contribution in [0.3, 0.4) is 0 Å². The standard InChI is InChI=1S/C19H18N2O2S/c1-2-4-18-15(3-1)20-19(24-18)14-7-8-21(11-14)10-13-5-6-16-17(9-13)23-12-22-16/h1-6,9,14H,7-8,10-12H2. The molecule has 0 spiro atoms. The highest BCUT2D eigenvalue weighted by Gasteiger charge is 2.26. The molecule has 122 valence electrons. The molecule has 0 bridgehead atoms. The topological polar surface area (TPSA) is 34.6 Å². The minimum atomic E-state index is 0.335. The van der Waals surface area contributed by atoms with E-state index in [0.29, 0.717) is 12.7 Å². The molecule has 24 heavy (non-hydrogen) atoms. The summed E-state index contributed by atoms with van der Waals surface area (Å²) in [7, 11) is 0. The zero-order chi connectivity index (χ0) is 15.9. The Morgan fingerprint density at radius 2 is 2.04 bits per heavy atom. The van der Waals surface area contributed by atoms with Crippen molar-refractivity contribution in [2.24, 2.45) is 0 Å². The molecule has 1 unspecified atom stereocenters. The van der Waals surface area contributed by atoms with Crippen molar-refractivity contribution < 1.29 is 9.47 Å². The van der Waals surface area contributed by atoms with E-state index in [0.717, 1.165) is 36.6 Å². The first kappa shape index (κ1) is 14.3. The van der Waals surface area contributed by atoms with E-state index in [1.54, 1.807) is 0 Å². The van der Waals surface area contributed by atoms with Gasteiger partial charge >= 0.3 is 0 Å². The third kappa shape index (κ3) is 2.54. The summed E-state index contributed by atoms with van der Waals surface area (Å²) in [6.07, 6.45) is 1.18. The van der Waals surface area contributed by atoms with Crippen LogP contribution < -0.4 is 9.47 Å². The Labute approximate surface area is 144 Å². The van der Waals surface area contributed by atoms with Crippen LogP contribution in [0.4, 0.5) is 0 Å². The number of benzene rings is 2. The minimum Gasteiger partial charge on any atom is -0.454 e. The number of thiazole rings is 1. The van der Waals surface area contributed by atoms with Gasteiger partial charge in [0.1, 0.15) is 0 Å². The van der Waals surface area contributed by atoms with Crippen LogP contribution in [0.5, 0.6) is 11.5 Å². The number of fused-ring (bicyclic) bond motifs is 2. The Bertz CT molecular complexity index is 859. The average Bonchev–Trinajstić information content (AvgIpc) is 3.33. The Balaban J connectivity index is 1.30. The van der Waals surface area contributed by atoms with Crippen LogP contribution in [0.2, 0.25) is 0 Å². The molecule has 0 amide bonds. The third-order valence-corrected chi connectivity index (χ3v) is 5.97. The summed E-state index contributed by atoms with van der Waals surface area (Å²) in [5.41, 5.74) is 2.41. The molecule has 4 nitrogen and oxygen atoms in total. The van der Waals surface area contributed by atoms with Gasteiger partial charge in [-0.2, -0.15) is 0 Å². The molecule has 1 atom stereocenters. The van der Waals surface area contributed by atoms with Crippen LogP contribution in [0.15, 0.2) is 42.5 Å². The maximum Gasteiger partial charge on any atom is 0.231 e. The number of ether oxygens (including phenoxy) is 2. The molecule has 2 aliphatic heterocycles. The van der Waals surface area contributed by atoms with Crippen molar-refractivity contribution in [1.29, 1.82) is 0 Å². The Hall–Kier alpha value is -2.11. The first-order valence-electron chi connectivity index (χ1n) is 8.31. The summed E-state index contributed by atoms with van der Waals surface area (Å²) in [5.74, 6) is 2.28. The van der Waals surface area contributed by atoms with Crippen LogP contribution in [0.25, 0.3) is 10.2 Å². The minimum absolute atomic E-state index is 0.335. The summed E-state index contributed by atoms with van der Waals surface area (Å²) in [6, 6.07) is 14.7. The van der Waals surface area contributed by atoms with Crippen molar-refractivity contribution >= 4 is 21.6 Å². The molecule has 1 fully saturated rings. The van der Waals surface area contributed by atoms with Crippen molar-refractivity contribution in [3.05, 3.63) is 53.0 Å². The van der Waals surface area contributed by atoms with E-state index in [1.807, 2.05) is 17.4 Å². The maximum absolute atomic E-state index is 5.48. The maximum atomic E-state index is 5.48. The molecule has 3 aromatic rings. The lowest BCUT2D eigenvalue weighted by molar-refractivity contribution is 0.174. The van der Waals surface area contributed by atoms with Gasteiger partial charge in [0.25, 0.3) is 0 Å². The summed E-state index contributed by atoms with van der Waals surface area (Å²) >= 11 is 1.84. The van der Waals surface area contributed by atoms with Gasteiger partial charge in [-0.05, 0) is 42.8 Å².